The van der Waals surface area contributed by atoms with Gasteiger partial charge in [0.15, 0.2) is 0 Å². The van der Waals surface area contributed by atoms with Crippen LogP contribution in [0, 0.1) is 11.8 Å². The third-order valence-corrected chi connectivity index (χ3v) is 2.53. The second-order valence-electron chi connectivity index (χ2n) is 4.15. The van der Waals surface area contributed by atoms with Crippen molar-refractivity contribution in [1.29, 1.82) is 0 Å². The van der Waals surface area contributed by atoms with Gasteiger partial charge in [-0.25, -0.2) is 0 Å². The van der Waals surface area contributed by atoms with Crippen molar-refractivity contribution >= 4 is 11.9 Å². The van der Waals surface area contributed by atoms with Crippen LogP contribution in [-0.2, 0) is 19.1 Å². The first-order chi connectivity index (χ1) is 7.97. The lowest BCUT2D eigenvalue weighted by Gasteiger charge is -2.21. The van der Waals surface area contributed by atoms with Crippen LogP contribution in [-0.4, -0.2) is 25.2 Å². The van der Waals surface area contributed by atoms with Crippen molar-refractivity contribution in [1.82, 2.24) is 0 Å². The van der Waals surface area contributed by atoms with Crippen LogP contribution in [0.2, 0.25) is 0 Å². The van der Waals surface area contributed by atoms with E-state index in [4.69, 9.17) is 9.47 Å². The van der Waals surface area contributed by atoms with Crippen LogP contribution in [0.25, 0.3) is 0 Å². The van der Waals surface area contributed by atoms with E-state index in [0.717, 1.165) is 6.42 Å². The molecule has 0 N–H and O–H groups in total. The Hall–Kier alpha value is -1.32. The summed E-state index contributed by atoms with van der Waals surface area (Å²) >= 11 is 0. The number of hydrogen-bond acceptors (Lipinski definition) is 4. The van der Waals surface area contributed by atoms with Crippen LogP contribution in [0.3, 0.4) is 0 Å². The van der Waals surface area contributed by atoms with Gasteiger partial charge in [0.25, 0.3) is 0 Å². The average Bonchev–Trinajstić information content (AvgIpc) is 2.25. The summed E-state index contributed by atoms with van der Waals surface area (Å²) < 4.78 is 9.98. The van der Waals surface area contributed by atoms with E-state index < -0.39 is 0 Å². The Morgan fingerprint density at radius 3 is 2.12 bits per heavy atom. The second kappa shape index (κ2) is 8.79. The molecule has 98 valence electrons. The van der Waals surface area contributed by atoms with Gasteiger partial charge in [-0.05, 0) is 19.3 Å². The molecule has 0 radical (unpaired) electrons. The molecule has 0 aliphatic carbocycles. The number of rotatable bonds is 7. The molecule has 2 atom stereocenters. The fourth-order valence-corrected chi connectivity index (χ4v) is 1.38. The fourth-order valence-electron chi connectivity index (χ4n) is 1.38. The van der Waals surface area contributed by atoms with Crippen LogP contribution >= 0.6 is 0 Å². The first kappa shape index (κ1) is 15.7. The number of allylic oxidation sites excluding steroid dienone is 2. The number of carbonyl (C=O) groups excluding carboxylic acids is 2. The molecule has 0 aromatic heterocycles. The largest absolute Gasteiger partial charge is 0.466 e. The Morgan fingerprint density at radius 1 is 1.12 bits per heavy atom. The van der Waals surface area contributed by atoms with Crippen LogP contribution < -0.4 is 0 Å². The second-order valence-corrected chi connectivity index (χ2v) is 4.15. The molecule has 2 unspecified atom stereocenters. The van der Waals surface area contributed by atoms with Crippen molar-refractivity contribution in [3.8, 4) is 0 Å². The van der Waals surface area contributed by atoms with Gasteiger partial charge in [-0.15, -0.1) is 0 Å². The number of esters is 2. The molecule has 0 heterocycles. The number of carbonyl (C=O) groups is 2. The Labute approximate surface area is 103 Å². The van der Waals surface area contributed by atoms with E-state index >= 15 is 0 Å². The van der Waals surface area contributed by atoms with Crippen molar-refractivity contribution in [2.24, 2.45) is 11.8 Å². The molecule has 0 bridgehead atoms. The van der Waals surface area contributed by atoms with E-state index in [-0.39, 0.29) is 23.8 Å². The van der Waals surface area contributed by atoms with Crippen molar-refractivity contribution < 1.29 is 19.1 Å². The van der Waals surface area contributed by atoms with Gasteiger partial charge in [0, 0.05) is 19.8 Å². The Balaban J connectivity index is 4.22. The normalized spacial score (nSPS) is 14.4. The summed E-state index contributed by atoms with van der Waals surface area (Å²) in [7, 11) is 0. The van der Waals surface area contributed by atoms with Gasteiger partial charge in [0.05, 0.1) is 13.2 Å². The van der Waals surface area contributed by atoms with Crippen molar-refractivity contribution in [3.63, 3.8) is 0 Å². The summed E-state index contributed by atoms with van der Waals surface area (Å²) in [5.74, 6) is -0.229. The molecule has 17 heavy (non-hydrogen) atoms. The minimum absolute atomic E-state index is 0.162. The van der Waals surface area contributed by atoms with E-state index in [2.05, 4.69) is 0 Å². The molecular weight excluding hydrogens is 220 g/mol. The highest BCUT2D eigenvalue weighted by Gasteiger charge is 2.18. The molecule has 0 aliphatic heterocycles. The van der Waals surface area contributed by atoms with E-state index in [1.165, 1.54) is 13.8 Å². The Morgan fingerprint density at radius 2 is 1.65 bits per heavy atom. The quantitative estimate of drug-likeness (QED) is 0.508. The zero-order chi connectivity index (χ0) is 13.3. The van der Waals surface area contributed by atoms with Crippen LogP contribution in [0.4, 0.5) is 0 Å². The molecule has 0 saturated heterocycles. The highest BCUT2D eigenvalue weighted by molar-refractivity contribution is 5.66. The summed E-state index contributed by atoms with van der Waals surface area (Å²) in [5, 5.41) is 0. The van der Waals surface area contributed by atoms with E-state index in [0.29, 0.717) is 13.2 Å². The topological polar surface area (TPSA) is 52.6 Å². The molecule has 0 amide bonds. The molecule has 0 aromatic rings. The van der Waals surface area contributed by atoms with E-state index in [1.54, 1.807) is 0 Å². The lowest BCUT2D eigenvalue weighted by atomic mass is 9.92. The first-order valence-electron chi connectivity index (χ1n) is 5.85. The van der Waals surface area contributed by atoms with Crippen LogP contribution in [0.15, 0.2) is 12.2 Å². The van der Waals surface area contributed by atoms with Crippen LogP contribution in [0.5, 0.6) is 0 Å². The minimum Gasteiger partial charge on any atom is -0.466 e. The maximum atomic E-state index is 10.8. The summed E-state index contributed by atoms with van der Waals surface area (Å²) in [6.07, 6.45) is 4.80. The zero-order valence-electron chi connectivity index (χ0n) is 11.1. The Bertz CT molecular complexity index is 271. The highest BCUT2D eigenvalue weighted by Crippen LogP contribution is 2.17. The third kappa shape index (κ3) is 8.48. The molecule has 0 aromatic carbocycles. The number of ether oxygens (including phenoxy) is 2. The van der Waals surface area contributed by atoms with Gasteiger partial charge in [-0.1, -0.05) is 19.1 Å². The SMILES string of the molecule is CC=CCC(COC(C)=O)C(C)COC(C)=O. The summed E-state index contributed by atoms with van der Waals surface area (Å²) in [6, 6.07) is 0. The molecule has 4 nitrogen and oxygen atoms in total. The van der Waals surface area contributed by atoms with Gasteiger partial charge < -0.3 is 9.47 Å². The maximum Gasteiger partial charge on any atom is 0.302 e. The predicted octanol–water partition coefficient (Wildman–Crippen LogP) is 2.33. The number of hydrogen-bond donors (Lipinski definition) is 0. The van der Waals surface area contributed by atoms with Gasteiger partial charge >= 0.3 is 11.9 Å². The summed E-state index contributed by atoms with van der Waals surface area (Å²) in [5.41, 5.74) is 0. The molecule has 0 spiro atoms. The first-order valence-corrected chi connectivity index (χ1v) is 5.85. The molecular formula is C13H22O4. The van der Waals surface area contributed by atoms with Gasteiger partial charge in [0.2, 0.25) is 0 Å². The predicted molar refractivity (Wildman–Crippen MR) is 65.4 cm³/mol. The van der Waals surface area contributed by atoms with E-state index in [1.807, 2.05) is 26.0 Å². The standard InChI is InChI=1S/C13H22O4/c1-5-6-7-13(9-17-12(4)15)10(2)8-16-11(3)14/h5-6,10,13H,7-9H2,1-4H3. The van der Waals surface area contributed by atoms with Crippen molar-refractivity contribution in [2.45, 2.75) is 34.1 Å². The highest BCUT2D eigenvalue weighted by atomic mass is 16.5. The monoisotopic (exact) mass is 242 g/mol. The lowest BCUT2D eigenvalue weighted by Crippen LogP contribution is -2.23. The van der Waals surface area contributed by atoms with Gasteiger partial charge in [-0.3, -0.25) is 9.59 Å². The third-order valence-electron chi connectivity index (χ3n) is 2.53. The average molecular weight is 242 g/mol. The van der Waals surface area contributed by atoms with Gasteiger partial charge in [-0.2, -0.15) is 0 Å². The molecule has 0 saturated carbocycles. The smallest absolute Gasteiger partial charge is 0.302 e. The summed E-state index contributed by atoms with van der Waals surface area (Å²) in [4.78, 5) is 21.5. The summed E-state index contributed by atoms with van der Waals surface area (Å²) in [6.45, 7) is 7.43. The maximum absolute atomic E-state index is 10.8. The molecule has 0 fully saturated rings. The lowest BCUT2D eigenvalue weighted by molar-refractivity contribution is -0.146. The molecule has 0 aliphatic rings. The van der Waals surface area contributed by atoms with Crippen molar-refractivity contribution in [3.05, 3.63) is 12.2 Å². The fraction of sp³-hybridized carbons (Fsp3) is 0.692. The molecule has 4 heteroatoms. The zero-order valence-corrected chi connectivity index (χ0v) is 11.1. The van der Waals surface area contributed by atoms with Crippen LogP contribution in [0.1, 0.15) is 34.1 Å². The minimum atomic E-state index is -0.283. The Kier molecular flexibility index (Phi) is 8.11. The van der Waals surface area contributed by atoms with Crippen molar-refractivity contribution in [2.75, 3.05) is 13.2 Å². The van der Waals surface area contributed by atoms with E-state index in [9.17, 15) is 9.59 Å². The molecule has 0 rings (SSSR count). The van der Waals surface area contributed by atoms with Gasteiger partial charge in [0.1, 0.15) is 0 Å².